The van der Waals surface area contributed by atoms with Crippen LogP contribution in [0, 0.1) is 0 Å². The van der Waals surface area contributed by atoms with Crippen LogP contribution in [0.4, 0.5) is 17.1 Å². The third kappa shape index (κ3) is 5.29. The fourth-order valence-electron chi connectivity index (χ4n) is 12.3. The van der Waals surface area contributed by atoms with Crippen LogP contribution in [0.3, 0.4) is 0 Å². The first-order valence-corrected chi connectivity index (χ1v) is 22.8. The van der Waals surface area contributed by atoms with Gasteiger partial charge in [-0.05, 0) is 142 Å². The van der Waals surface area contributed by atoms with Crippen LogP contribution >= 0.6 is 0 Å². The molecule has 0 aliphatic heterocycles. The van der Waals surface area contributed by atoms with Crippen LogP contribution in [0.1, 0.15) is 111 Å². The highest BCUT2D eigenvalue weighted by molar-refractivity contribution is 6.09. The largest absolute Gasteiger partial charge is 0.310 e. The molecule has 1 nitrogen and oxygen atoms in total. The van der Waals surface area contributed by atoms with Crippen LogP contribution in [0.2, 0.25) is 0 Å². The van der Waals surface area contributed by atoms with E-state index in [1.807, 2.05) is 0 Å². The van der Waals surface area contributed by atoms with Gasteiger partial charge in [0.1, 0.15) is 0 Å². The maximum atomic E-state index is 2.48. The van der Waals surface area contributed by atoms with Gasteiger partial charge >= 0.3 is 0 Å². The molecule has 4 aliphatic rings. The molecule has 0 N–H and O–H groups in total. The van der Waals surface area contributed by atoms with Crippen LogP contribution in [-0.4, -0.2) is 0 Å². The highest BCUT2D eigenvalue weighted by Gasteiger charge is 2.49. The minimum absolute atomic E-state index is 0.0109. The molecule has 0 fully saturated rings. The van der Waals surface area contributed by atoms with Crippen molar-refractivity contribution in [3.05, 3.63) is 219 Å². The molecule has 1 heteroatoms. The van der Waals surface area contributed by atoms with Gasteiger partial charge in [-0.1, -0.05) is 189 Å². The Kier molecular flexibility index (Phi) is 7.80. The molecule has 0 atom stereocenters. The number of nitrogens with zero attached hydrogens (tertiary/aromatic N) is 1. The molecule has 0 radical (unpaired) electrons. The van der Waals surface area contributed by atoms with Gasteiger partial charge in [0, 0.05) is 38.7 Å². The van der Waals surface area contributed by atoms with Crippen molar-refractivity contribution >= 4 is 51.1 Å². The third-order valence-electron chi connectivity index (χ3n) is 15.6. The summed E-state index contributed by atoms with van der Waals surface area (Å²) in [7, 11) is 0. The molecule has 0 unspecified atom stereocenters. The summed E-state index contributed by atoms with van der Waals surface area (Å²) in [6.45, 7) is 19.1. The highest BCUT2D eigenvalue weighted by atomic mass is 15.1. The molecule has 63 heavy (non-hydrogen) atoms. The predicted molar refractivity (Wildman–Crippen MR) is 268 cm³/mol. The summed E-state index contributed by atoms with van der Waals surface area (Å²) in [6, 6.07) is 62.1. The van der Waals surface area contributed by atoms with E-state index >= 15 is 0 Å². The zero-order valence-electron chi connectivity index (χ0n) is 37.7. The molecule has 8 aromatic carbocycles. The molecule has 0 spiro atoms. The molecular formula is C62H53N. The number of benzene rings is 8. The van der Waals surface area contributed by atoms with Gasteiger partial charge in [-0.25, -0.2) is 0 Å². The van der Waals surface area contributed by atoms with Crippen LogP contribution in [-0.2, 0) is 21.7 Å². The zero-order chi connectivity index (χ0) is 43.2. The Morgan fingerprint density at radius 1 is 0.302 bits per heavy atom. The Bertz CT molecular complexity index is 3240. The molecule has 0 saturated carbocycles. The molecule has 0 amide bonds. The Balaban J connectivity index is 0.906. The summed E-state index contributed by atoms with van der Waals surface area (Å²) in [5.74, 6) is 0. The number of anilines is 3. The standard InChI is InChI=1S/C62H53N/c1-59(2)51-18-12-9-15-45(51)47-31-28-43(36-55(47)59)63(44-29-32-48-46-16-10-13-19-52(46)60(3,4)56(48)37-44)42-27-26-40-33-38(23-25-41(40)35-42)21-22-39-24-30-50-54(34-39)62(7,8)57-49-17-11-14-20-53(49)61(5,6)58(50)57/h9-37H,1-8H3. The molecule has 4 aliphatic carbocycles. The molecule has 0 heterocycles. The van der Waals surface area contributed by atoms with E-state index in [2.05, 4.69) is 236 Å². The van der Waals surface area contributed by atoms with Crippen molar-refractivity contribution in [3.8, 4) is 22.3 Å². The average Bonchev–Trinajstić information content (AvgIpc) is 3.87. The lowest BCUT2D eigenvalue weighted by Crippen LogP contribution is -2.19. The van der Waals surface area contributed by atoms with E-state index in [9.17, 15) is 0 Å². The first-order valence-electron chi connectivity index (χ1n) is 22.8. The minimum atomic E-state index is -0.0986. The fourth-order valence-corrected chi connectivity index (χ4v) is 12.3. The Hall–Kier alpha value is -6.70. The van der Waals surface area contributed by atoms with Crippen LogP contribution in [0.25, 0.3) is 56.3 Å². The molecule has 8 aromatic rings. The normalized spacial score (nSPS) is 17.3. The van der Waals surface area contributed by atoms with Crippen molar-refractivity contribution in [2.24, 2.45) is 0 Å². The Morgan fingerprint density at radius 2 is 0.667 bits per heavy atom. The maximum Gasteiger partial charge on any atom is 0.0468 e. The van der Waals surface area contributed by atoms with E-state index in [-0.39, 0.29) is 21.7 Å². The highest BCUT2D eigenvalue weighted by Crippen LogP contribution is 2.62. The average molecular weight is 812 g/mol. The monoisotopic (exact) mass is 811 g/mol. The van der Waals surface area contributed by atoms with Gasteiger partial charge < -0.3 is 4.90 Å². The van der Waals surface area contributed by atoms with Gasteiger partial charge in [-0.15, -0.1) is 0 Å². The van der Waals surface area contributed by atoms with E-state index in [1.54, 1.807) is 0 Å². The van der Waals surface area contributed by atoms with Crippen LogP contribution < -0.4 is 4.90 Å². The third-order valence-corrected chi connectivity index (χ3v) is 15.6. The minimum Gasteiger partial charge on any atom is -0.310 e. The van der Waals surface area contributed by atoms with E-state index in [0.29, 0.717) is 0 Å². The topological polar surface area (TPSA) is 3.24 Å². The number of hydrogen-bond acceptors (Lipinski definition) is 1. The Labute approximate surface area is 373 Å². The number of allylic oxidation sites excluding steroid dienone is 2. The smallest absolute Gasteiger partial charge is 0.0468 e. The van der Waals surface area contributed by atoms with Gasteiger partial charge in [-0.2, -0.15) is 0 Å². The molecule has 0 saturated heterocycles. The second-order valence-electron chi connectivity index (χ2n) is 20.6. The first-order chi connectivity index (χ1) is 30.2. The number of rotatable bonds is 5. The second kappa shape index (κ2) is 12.9. The summed E-state index contributed by atoms with van der Waals surface area (Å²) in [6.07, 6.45) is 4.57. The van der Waals surface area contributed by atoms with E-state index in [0.717, 1.165) is 5.69 Å². The van der Waals surface area contributed by atoms with Gasteiger partial charge in [0.15, 0.2) is 0 Å². The molecule has 0 aromatic heterocycles. The van der Waals surface area contributed by atoms with E-state index in [1.165, 1.54) is 111 Å². The summed E-state index contributed by atoms with van der Waals surface area (Å²) < 4.78 is 0. The lowest BCUT2D eigenvalue weighted by molar-refractivity contribution is 0.660. The van der Waals surface area contributed by atoms with E-state index < -0.39 is 0 Å². The summed E-state index contributed by atoms with van der Waals surface area (Å²) in [4.78, 5) is 2.48. The van der Waals surface area contributed by atoms with Crippen molar-refractivity contribution in [2.75, 3.05) is 4.90 Å². The van der Waals surface area contributed by atoms with E-state index in [4.69, 9.17) is 0 Å². The number of fused-ring (bicyclic) bond motifs is 11. The van der Waals surface area contributed by atoms with Crippen molar-refractivity contribution in [2.45, 2.75) is 77.0 Å². The molecule has 306 valence electrons. The van der Waals surface area contributed by atoms with Crippen molar-refractivity contribution in [3.63, 3.8) is 0 Å². The molecular weight excluding hydrogens is 759 g/mol. The van der Waals surface area contributed by atoms with Crippen LogP contribution in [0.15, 0.2) is 164 Å². The van der Waals surface area contributed by atoms with Crippen molar-refractivity contribution < 1.29 is 0 Å². The van der Waals surface area contributed by atoms with Gasteiger partial charge in [0.2, 0.25) is 0 Å². The molecule has 0 bridgehead atoms. The molecule has 12 rings (SSSR count). The SMILES string of the molecule is CC1(C)C2=C(c3ccccc31)C(C)(C)c1cc(C=Cc3ccc4cc(N(c5ccc6c(c5)C(C)(C)c5ccccc5-6)c5ccc6c(c5)C(C)(C)c5ccccc5-6)ccc4c3)ccc12. The summed E-state index contributed by atoms with van der Waals surface area (Å²) in [5, 5.41) is 2.45. The summed E-state index contributed by atoms with van der Waals surface area (Å²) in [5.41, 5.74) is 25.3. The first kappa shape index (κ1) is 38.0. The van der Waals surface area contributed by atoms with Crippen molar-refractivity contribution in [1.29, 1.82) is 0 Å². The maximum absolute atomic E-state index is 2.48. The van der Waals surface area contributed by atoms with Gasteiger partial charge in [-0.3, -0.25) is 0 Å². The van der Waals surface area contributed by atoms with Crippen molar-refractivity contribution in [1.82, 2.24) is 0 Å². The summed E-state index contributed by atoms with van der Waals surface area (Å²) >= 11 is 0. The van der Waals surface area contributed by atoms with Gasteiger partial charge in [0.25, 0.3) is 0 Å². The number of hydrogen-bond donors (Lipinski definition) is 0. The van der Waals surface area contributed by atoms with Gasteiger partial charge in [0.05, 0.1) is 0 Å². The Morgan fingerprint density at radius 3 is 1.25 bits per heavy atom. The predicted octanol–water partition coefficient (Wildman–Crippen LogP) is 16.6. The lowest BCUT2D eigenvalue weighted by atomic mass is 9.75. The van der Waals surface area contributed by atoms with Crippen LogP contribution in [0.5, 0.6) is 0 Å². The quantitative estimate of drug-likeness (QED) is 0.157. The zero-order valence-corrected chi connectivity index (χ0v) is 37.7. The second-order valence-corrected chi connectivity index (χ2v) is 20.6. The lowest BCUT2D eigenvalue weighted by Gasteiger charge is -2.30. The fraction of sp³-hybridized carbons (Fsp3) is 0.194.